The van der Waals surface area contributed by atoms with Crippen molar-refractivity contribution in [3.63, 3.8) is 0 Å². The first kappa shape index (κ1) is 19.3. The van der Waals surface area contributed by atoms with Crippen molar-refractivity contribution >= 4 is 34.3 Å². The molecule has 0 saturated carbocycles. The van der Waals surface area contributed by atoms with E-state index in [-0.39, 0.29) is 5.25 Å². The van der Waals surface area contributed by atoms with Gasteiger partial charge in [-0.15, -0.1) is 11.8 Å². The number of nitrogens with zero attached hydrogens (tertiary/aromatic N) is 3. The molecule has 1 fully saturated rings. The molecule has 0 bridgehead atoms. The third-order valence-electron chi connectivity index (χ3n) is 4.70. The van der Waals surface area contributed by atoms with Crippen LogP contribution in [0.5, 0.6) is 17.2 Å². The third-order valence-corrected chi connectivity index (χ3v) is 5.93. The van der Waals surface area contributed by atoms with Crippen LogP contribution in [0.3, 0.4) is 0 Å². The summed E-state index contributed by atoms with van der Waals surface area (Å²) in [6.07, 6.45) is 1.71. The molecule has 4 rings (SSSR count). The Hall–Kier alpha value is -3.04. The number of rotatable bonds is 5. The van der Waals surface area contributed by atoms with Crippen LogP contribution < -0.4 is 24.8 Å². The fourth-order valence-electron chi connectivity index (χ4n) is 3.33. The van der Waals surface area contributed by atoms with Crippen molar-refractivity contribution in [1.82, 2.24) is 9.97 Å². The summed E-state index contributed by atoms with van der Waals surface area (Å²) in [5.41, 5.74) is 8.90. The van der Waals surface area contributed by atoms with Crippen LogP contribution in [0.15, 0.2) is 42.6 Å². The second-order valence-electron chi connectivity index (χ2n) is 6.33. The third kappa shape index (κ3) is 3.32. The molecule has 3 aromatic rings. The predicted molar refractivity (Wildman–Crippen MR) is 114 cm³/mol. The number of thioether (sulfide) groups is 1. The average Bonchev–Trinajstić information content (AvgIpc) is 3.06. The molecule has 0 amide bonds. The highest BCUT2D eigenvalue weighted by molar-refractivity contribution is 8.01. The molecular formula is C20H21N5O3S. The highest BCUT2D eigenvalue weighted by Gasteiger charge is 2.39. The van der Waals surface area contributed by atoms with Crippen LogP contribution in [0.4, 0.5) is 5.69 Å². The smallest absolute Gasteiger partial charge is 0.203 e. The van der Waals surface area contributed by atoms with Gasteiger partial charge in [0.15, 0.2) is 11.5 Å². The molecule has 1 aliphatic heterocycles. The Morgan fingerprint density at radius 2 is 1.69 bits per heavy atom. The maximum Gasteiger partial charge on any atom is 0.203 e. The Kier molecular flexibility index (Phi) is 5.16. The maximum atomic E-state index is 8.77. The molecule has 150 valence electrons. The van der Waals surface area contributed by atoms with E-state index in [4.69, 9.17) is 25.4 Å². The van der Waals surface area contributed by atoms with Crippen LogP contribution >= 0.6 is 11.8 Å². The van der Waals surface area contributed by atoms with Crippen LogP contribution in [0, 0.1) is 5.41 Å². The number of ether oxygens (including phenoxy) is 3. The number of hydrogen-bond donors (Lipinski definition) is 2. The minimum absolute atomic E-state index is 0.321. The summed E-state index contributed by atoms with van der Waals surface area (Å²) in [5, 5.41) is 8.44. The molecule has 1 saturated heterocycles. The normalized spacial score (nSPS) is 18.9. The summed E-state index contributed by atoms with van der Waals surface area (Å²) in [7, 11) is 4.66. The SMILES string of the molecule is COc1cc(N2C(=N)C(c3cnc4ccccc4n3)SC2N)cc(OC)c1OC. The van der Waals surface area contributed by atoms with Gasteiger partial charge in [-0.05, 0) is 12.1 Å². The zero-order valence-electron chi connectivity index (χ0n) is 16.2. The van der Waals surface area contributed by atoms with Gasteiger partial charge < -0.3 is 24.8 Å². The van der Waals surface area contributed by atoms with Crippen molar-refractivity contribution in [1.29, 1.82) is 5.41 Å². The van der Waals surface area contributed by atoms with Crippen LogP contribution in [-0.4, -0.2) is 42.6 Å². The van der Waals surface area contributed by atoms with E-state index < -0.39 is 5.50 Å². The highest BCUT2D eigenvalue weighted by atomic mass is 32.2. The number of benzene rings is 2. The van der Waals surface area contributed by atoms with Crippen LogP contribution in [-0.2, 0) is 0 Å². The average molecular weight is 411 g/mol. The molecule has 1 aromatic heterocycles. The minimum Gasteiger partial charge on any atom is -0.493 e. The Bertz CT molecular complexity index is 1050. The Morgan fingerprint density at radius 3 is 2.31 bits per heavy atom. The lowest BCUT2D eigenvalue weighted by atomic mass is 10.2. The van der Waals surface area contributed by atoms with Gasteiger partial charge in [0.1, 0.15) is 16.6 Å². The lowest BCUT2D eigenvalue weighted by Gasteiger charge is -2.24. The first-order valence-electron chi connectivity index (χ1n) is 8.87. The number of fused-ring (bicyclic) bond motifs is 1. The fourth-order valence-corrected chi connectivity index (χ4v) is 4.46. The summed E-state index contributed by atoms with van der Waals surface area (Å²) < 4.78 is 16.3. The molecule has 0 aliphatic carbocycles. The van der Waals surface area contributed by atoms with Crippen molar-refractivity contribution in [3.05, 3.63) is 48.3 Å². The van der Waals surface area contributed by atoms with Crippen molar-refractivity contribution in [3.8, 4) is 17.2 Å². The first-order valence-corrected chi connectivity index (χ1v) is 9.82. The molecule has 2 heterocycles. The number of aromatic nitrogens is 2. The topological polar surface area (TPSA) is 107 Å². The fraction of sp³-hybridized carbons (Fsp3) is 0.250. The quantitative estimate of drug-likeness (QED) is 0.659. The van der Waals surface area contributed by atoms with Crippen molar-refractivity contribution in [2.75, 3.05) is 26.2 Å². The van der Waals surface area contributed by atoms with E-state index in [9.17, 15) is 0 Å². The minimum atomic E-state index is -0.469. The Labute approximate surface area is 172 Å². The summed E-state index contributed by atoms with van der Waals surface area (Å²) >= 11 is 1.44. The van der Waals surface area contributed by atoms with E-state index in [0.717, 1.165) is 11.0 Å². The Morgan fingerprint density at radius 1 is 1.03 bits per heavy atom. The molecule has 3 N–H and O–H groups in total. The lowest BCUT2D eigenvalue weighted by molar-refractivity contribution is 0.324. The van der Waals surface area contributed by atoms with Crippen LogP contribution in [0.25, 0.3) is 11.0 Å². The van der Waals surface area contributed by atoms with E-state index in [2.05, 4.69) is 9.97 Å². The molecule has 2 aromatic carbocycles. The van der Waals surface area contributed by atoms with E-state index in [1.54, 1.807) is 44.6 Å². The molecule has 2 atom stereocenters. The molecule has 8 nitrogen and oxygen atoms in total. The van der Waals surface area contributed by atoms with Gasteiger partial charge in [-0.25, -0.2) is 4.98 Å². The standard InChI is InChI=1S/C20H21N5O3S/c1-26-15-8-11(9-16(27-2)17(15)28-3)25-19(21)18(29-20(25)22)14-10-23-12-6-4-5-7-13(12)24-14/h4-10,18,20-21H,22H2,1-3H3. The number of anilines is 1. The predicted octanol–water partition coefficient (Wildman–Crippen LogP) is 3.17. The number of hydrogen-bond acceptors (Lipinski definition) is 8. The van der Waals surface area contributed by atoms with E-state index in [1.165, 1.54) is 11.8 Å². The van der Waals surface area contributed by atoms with Crippen molar-refractivity contribution in [2.45, 2.75) is 10.7 Å². The van der Waals surface area contributed by atoms with Crippen molar-refractivity contribution < 1.29 is 14.2 Å². The summed E-state index contributed by atoms with van der Waals surface area (Å²) in [6, 6.07) is 11.2. The van der Waals surface area contributed by atoms with Gasteiger partial charge in [0.25, 0.3) is 0 Å². The zero-order chi connectivity index (χ0) is 20.5. The van der Waals surface area contributed by atoms with E-state index in [0.29, 0.717) is 34.5 Å². The Balaban J connectivity index is 1.72. The molecule has 29 heavy (non-hydrogen) atoms. The first-order chi connectivity index (χ1) is 14.1. The lowest BCUT2D eigenvalue weighted by Crippen LogP contribution is -2.38. The van der Waals surface area contributed by atoms with E-state index in [1.807, 2.05) is 24.3 Å². The van der Waals surface area contributed by atoms with Gasteiger partial charge >= 0.3 is 0 Å². The summed E-state index contributed by atoms with van der Waals surface area (Å²) in [6.45, 7) is 0. The van der Waals surface area contributed by atoms with Gasteiger partial charge in [-0.2, -0.15) is 0 Å². The molecule has 2 unspecified atom stereocenters. The van der Waals surface area contributed by atoms with E-state index >= 15 is 0 Å². The molecular weight excluding hydrogens is 390 g/mol. The molecule has 9 heteroatoms. The van der Waals surface area contributed by atoms with Gasteiger partial charge in [-0.3, -0.25) is 10.4 Å². The molecule has 1 aliphatic rings. The number of para-hydroxylation sites is 2. The second kappa shape index (κ2) is 7.76. The summed E-state index contributed by atoms with van der Waals surface area (Å²) in [4.78, 5) is 10.9. The summed E-state index contributed by atoms with van der Waals surface area (Å²) in [5.74, 6) is 1.81. The monoisotopic (exact) mass is 411 g/mol. The van der Waals surface area contributed by atoms with Crippen LogP contribution in [0.2, 0.25) is 0 Å². The van der Waals surface area contributed by atoms with Gasteiger partial charge in [0.05, 0.1) is 49.9 Å². The zero-order valence-corrected chi connectivity index (χ0v) is 17.1. The number of nitrogens with two attached hydrogens (primary N) is 1. The number of methoxy groups -OCH3 is 3. The largest absolute Gasteiger partial charge is 0.493 e. The molecule has 0 spiro atoms. The maximum absolute atomic E-state index is 8.77. The van der Waals surface area contributed by atoms with Gasteiger partial charge in [0.2, 0.25) is 5.75 Å². The molecule has 0 radical (unpaired) electrons. The van der Waals surface area contributed by atoms with Gasteiger partial charge in [0, 0.05) is 12.1 Å². The second-order valence-corrected chi connectivity index (χ2v) is 7.56. The highest BCUT2D eigenvalue weighted by Crippen LogP contribution is 2.46. The number of nitrogens with one attached hydrogen (secondary N) is 1. The van der Waals surface area contributed by atoms with Crippen molar-refractivity contribution in [2.24, 2.45) is 5.73 Å². The number of amidine groups is 1. The van der Waals surface area contributed by atoms with Gasteiger partial charge in [-0.1, -0.05) is 12.1 Å². The van der Waals surface area contributed by atoms with Crippen LogP contribution in [0.1, 0.15) is 10.9 Å².